The van der Waals surface area contributed by atoms with Crippen molar-refractivity contribution >= 4 is 0 Å². The fraction of sp³-hybridized carbons (Fsp3) is 0.500. The third-order valence-corrected chi connectivity index (χ3v) is 2.92. The van der Waals surface area contributed by atoms with Crippen molar-refractivity contribution in [3.63, 3.8) is 0 Å². The third-order valence-electron chi connectivity index (χ3n) is 2.92. The van der Waals surface area contributed by atoms with E-state index in [0.717, 1.165) is 6.54 Å². The van der Waals surface area contributed by atoms with E-state index in [1.54, 1.807) is 0 Å². The van der Waals surface area contributed by atoms with Gasteiger partial charge in [-0.1, -0.05) is 38.1 Å². The van der Waals surface area contributed by atoms with E-state index in [4.69, 9.17) is 5.26 Å². The highest BCUT2D eigenvalue weighted by Crippen LogP contribution is 2.25. The molecule has 0 saturated heterocycles. The van der Waals surface area contributed by atoms with Crippen LogP contribution in [0.4, 0.5) is 0 Å². The molecule has 86 valence electrons. The molecule has 0 saturated carbocycles. The van der Waals surface area contributed by atoms with Gasteiger partial charge in [-0.15, -0.1) is 0 Å². The Hall–Kier alpha value is -1.33. The summed E-state index contributed by atoms with van der Waals surface area (Å²) in [6.45, 7) is 9.23. The van der Waals surface area contributed by atoms with Crippen LogP contribution in [-0.2, 0) is 5.41 Å². The van der Waals surface area contributed by atoms with Crippen molar-refractivity contribution in [2.24, 2.45) is 0 Å². The van der Waals surface area contributed by atoms with E-state index in [1.165, 1.54) is 11.1 Å². The predicted molar refractivity (Wildman–Crippen MR) is 67.3 cm³/mol. The van der Waals surface area contributed by atoms with E-state index >= 15 is 0 Å². The number of benzene rings is 1. The van der Waals surface area contributed by atoms with Gasteiger partial charge in [0, 0.05) is 12.0 Å². The summed E-state index contributed by atoms with van der Waals surface area (Å²) >= 11 is 0. The Morgan fingerprint density at radius 1 is 1.38 bits per heavy atom. The molecule has 0 heterocycles. The van der Waals surface area contributed by atoms with E-state index in [1.807, 2.05) is 6.92 Å². The first-order valence-corrected chi connectivity index (χ1v) is 5.66. The van der Waals surface area contributed by atoms with Crippen molar-refractivity contribution in [1.82, 2.24) is 5.32 Å². The third kappa shape index (κ3) is 3.08. The number of aryl methyl sites for hydroxylation is 1. The van der Waals surface area contributed by atoms with Crippen LogP contribution in [0.2, 0.25) is 0 Å². The van der Waals surface area contributed by atoms with Crippen LogP contribution in [0.1, 0.15) is 31.9 Å². The van der Waals surface area contributed by atoms with Crippen molar-refractivity contribution in [2.45, 2.75) is 39.2 Å². The Morgan fingerprint density at radius 3 is 2.56 bits per heavy atom. The minimum Gasteiger partial charge on any atom is -0.301 e. The largest absolute Gasteiger partial charge is 0.301 e. The zero-order valence-electron chi connectivity index (χ0n) is 10.5. The smallest absolute Gasteiger partial charge is 0.0924 e. The second-order valence-corrected chi connectivity index (χ2v) is 4.93. The monoisotopic (exact) mass is 216 g/mol. The Kier molecular flexibility index (Phi) is 4.09. The zero-order valence-corrected chi connectivity index (χ0v) is 10.5. The summed E-state index contributed by atoms with van der Waals surface area (Å²) in [6, 6.07) is 10.5. The molecular weight excluding hydrogens is 196 g/mol. The molecule has 2 nitrogen and oxygen atoms in total. The molecule has 1 atom stereocenters. The van der Waals surface area contributed by atoms with E-state index in [9.17, 15) is 0 Å². The molecule has 0 spiro atoms. The molecule has 0 bridgehead atoms. The summed E-state index contributed by atoms with van der Waals surface area (Å²) in [6.07, 6.45) is 0. The van der Waals surface area contributed by atoms with Crippen LogP contribution in [0, 0.1) is 18.3 Å². The number of rotatable bonds is 4. The first-order valence-electron chi connectivity index (χ1n) is 5.66. The predicted octanol–water partition coefficient (Wildman–Crippen LogP) is 2.77. The van der Waals surface area contributed by atoms with E-state index in [-0.39, 0.29) is 11.5 Å². The topological polar surface area (TPSA) is 35.8 Å². The van der Waals surface area contributed by atoms with Crippen molar-refractivity contribution in [3.8, 4) is 6.07 Å². The molecular formula is C14H20N2. The lowest BCUT2D eigenvalue weighted by Crippen LogP contribution is -2.37. The normalized spacial score (nSPS) is 13.2. The van der Waals surface area contributed by atoms with E-state index in [0.29, 0.717) is 0 Å². The molecule has 0 aliphatic rings. The SMILES string of the molecule is Cc1ccccc1C(C)(C)CNC(C)C#N. The molecule has 1 rings (SSSR count). The van der Waals surface area contributed by atoms with Crippen molar-refractivity contribution in [2.75, 3.05) is 6.54 Å². The van der Waals surface area contributed by atoms with Crippen LogP contribution in [0.5, 0.6) is 0 Å². The van der Waals surface area contributed by atoms with Crippen LogP contribution < -0.4 is 5.32 Å². The lowest BCUT2D eigenvalue weighted by molar-refractivity contribution is 0.455. The van der Waals surface area contributed by atoms with Crippen LogP contribution in [0.15, 0.2) is 24.3 Å². The molecule has 1 unspecified atom stereocenters. The first-order chi connectivity index (χ1) is 7.47. The molecule has 2 heteroatoms. The summed E-state index contributed by atoms with van der Waals surface area (Å²) in [4.78, 5) is 0. The van der Waals surface area contributed by atoms with Crippen LogP contribution >= 0.6 is 0 Å². The van der Waals surface area contributed by atoms with Gasteiger partial charge in [0.05, 0.1) is 12.1 Å². The Bertz CT molecular complexity index is 388. The van der Waals surface area contributed by atoms with Gasteiger partial charge in [0.15, 0.2) is 0 Å². The number of nitrogens with one attached hydrogen (secondary N) is 1. The van der Waals surface area contributed by atoms with Crippen molar-refractivity contribution in [1.29, 1.82) is 5.26 Å². The minimum absolute atomic E-state index is 0.0520. The van der Waals surface area contributed by atoms with Gasteiger partial charge in [-0.05, 0) is 25.0 Å². The van der Waals surface area contributed by atoms with Crippen LogP contribution in [0.3, 0.4) is 0 Å². The average Bonchev–Trinajstić information content (AvgIpc) is 2.26. The maximum Gasteiger partial charge on any atom is 0.0924 e. The van der Waals surface area contributed by atoms with Gasteiger partial charge in [0.1, 0.15) is 0 Å². The highest BCUT2D eigenvalue weighted by atomic mass is 14.9. The van der Waals surface area contributed by atoms with Crippen LogP contribution in [0.25, 0.3) is 0 Å². The van der Waals surface area contributed by atoms with Gasteiger partial charge in [0.25, 0.3) is 0 Å². The van der Waals surface area contributed by atoms with Gasteiger partial charge in [-0.2, -0.15) is 5.26 Å². The fourth-order valence-corrected chi connectivity index (χ4v) is 1.88. The molecule has 1 N–H and O–H groups in total. The second kappa shape index (κ2) is 5.14. The lowest BCUT2D eigenvalue weighted by atomic mass is 9.82. The molecule has 0 aliphatic carbocycles. The number of nitrogens with zero attached hydrogens (tertiary/aromatic N) is 1. The summed E-state index contributed by atoms with van der Waals surface area (Å²) in [5, 5.41) is 12.0. The van der Waals surface area contributed by atoms with Gasteiger partial charge in [-0.3, -0.25) is 0 Å². The van der Waals surface area contributed by atoms with Crippen molar-refractivity contribution in [3.05, 3.63) is 35.4 Å². The molecule has 0 amide bonds. The van der Waals surface area contributed by atoms with Crippen LogP contribution in [-0.4, -0.2) is 12.6 Å². The molecule has 0 aliphatic heterocycles. The quantitative estimate of drug-likeness (QED) is 0.840. The van der Waals surface area contributed by atoms with E-state index in [2.05, 4.69) is 56.4 Å². The molecule has 0 fully saturated rings. The Balaban J connectivity index is 2.78. The summed E-state index contributed by atoms with van der Waals surface area (Å²) in [7, 11) is 0. The molecule has 0 aromatic heterocycles. The highest BCUT2D eigenvalue weighted by molar-refractivity contribution is 5.32. The first kappa shape index (κ1) is 12.7. The highest BCUT2D eigenvalue weighted by Gasteiger charge is 2.22. The standard InChI is InChI=1S/C14H20N2/c1-11-7-5-6-8-13(11)14(3,4)10-16-12(2)9-15/h5-8,12,16H,10H2,1-4H3. The fourth-order valence-electron chi connectivity index (χ4n) is 1.88. The summed E-state index contributed by atoms with van der Waals surface area (Å²) in [5.74, 6) is 0. The Labute approximate surface area is 98.3 Å². The second-order valence-electron chi connectivity index (χ2n) is 4.93. The summed E-state index contributed by atoms with van der Waals surface area (Å²) in [5.41, 5.74) is 2.70. The summed E-state index contributed by atoms with van der Waals surface area (Å²) < 4.78 is 0. The van der Waals surface area contributed by atoms with Gasteiger partial charge in [-0.25, -0.2) is 0 Å². The number of hydrogen-bond acceptors (Lipinski definition) is 2. The maximum absolute atomic E-state index is 8.74. The molecule has 0 radical (unpaired) electrons. The Morgan fingerprint density at radius 2 is 2.00 bits per heavy atom. The lowest BCUT2D eigenvalue weighted by Gasteiger charge is -2.28. The van der Waals surface area contributed by atoms with E-state index < -0.39 is 0 Å². The molecule has 1 aromatic carbocycles. The minimum atomic E-state index is -0.0942. The number of hydrogen-bond donors (Lipinski definition) is 1. The molecule has 16 heavy (non-hydrogen) atoms. The average molecular weight is 216 g/mol. The molecule has 1 aromatic rings. The number of nitriles is 1. The van der Waals surface area contributed by atoms with Crippen molar-refractivity contribution < 1.29 is 0 Å². The zero-order chi connectivity index (χ0) is 12.2. The van der Waals surface area contributed by atoms with Gasteiger partial charge >= 0.3 is 0 Å². The maximum atomic E-state index is 8.74. The van der Waals surface area contributed by atoms with Gasteiger partial charge < -0.3 is 5.32 Å². The van der Waals surface area contributed by atoms with Gasteiger partial charge in [0.2, 0.25) is 0 Å².